The molecule has 7 heteroatoms. The van der Waals surface area contributed by atoms with E-state index in [4.69, 9.17) is 5.11 Å². The number of carbonyl (C=O) groups is 2. The zero-order chi connectivity index (χ0) is 13.1. The molecule has 2 rings (SSSR count). The summed E-state index contributed by atoms with van der Waals surface area (Å²) in [7, 11) is -0.717. The lowest BCUT2D eigenvalue weighted by atomic mass is 9.97. The van der Waals surface area contributed by atoms with E-state index in [1.165, 1.54) is 0 Å². The number of carboxylic acids is 1. The van der Waals surface area contributed by atoms with Gasteiger partial charge in [0.15, 0.2) is 0 Å². The average molecular weight is 274 g/mol. The highest BCUT2D eigenvalue weighted by Crippen LogP contribution is 2.19. The first kappa shape index (κ1) is 13.3. The molecule has 0 atom stereocenters. The minimum Gasteiger partial charge on any atom is -0.481 e. The summed E-state index contributed by atoms with van der Waals surface area (Å²) in [5, 5.41) is 11.5. The number of carboxylic acid groups (broad SMARTS) is 1. The molecular weight excluding hydrogens is 256 g/mol. The normalized spacial score (nSPS) is 28.6. The van der Waals surface area contributed by atoms with Crippen LogP contribution in [0.15, 0.2) is 0 Å². The van der Waals surface area contributed by atoms with Crippen molar-refractivity contribution in [3.05, 3.63) is 0 Å². The van der Waals surface area contributed by atoms with E-state index in [0.717, 1.165) is 12.8 Å². The SMILES string of the molecule is O=C(O)CC1CN(C(=O)NC2CCS(=O)CC2)C1. The molecule has 0 aromatic rings. The van der Waals surface area contributed by atoms with Crippen LogP contribution in [0.5, 0.6) is 0 Å². The highest BCUT2D eigenvalue weighted by Gasteiger charge is 2.33. The minimum absolute atomic E-state index is 0.0899. The summed E-state index contributed by atoms with van der Waals surface area (Å²) in [6.07, 6.45) is 1.67. The van der Waals surface area contributed by atoms with Crippen LogP contribution in [0.1, 0.15) is 19.3 Å². The Hall–Kier alpha value is -1.11. The lowest BCUT2D eigenvalue weighted by molar-refractivity contribution is -0.139. The number of urea groups is 1. The van der Waals surface area contributed by atoms with Crippen LogP contribution in [0.2, 0.25) is 0 Å². The molecule has 2 fully saturated rings. The van der Waals surface area contributed by atoms with Gasteiger partial charge in [-0.1, -0.05) is 0 Å². The number of nitrogens with zero attached hydrogens (tertiary/aromatic N) is 1. The van der Waals surface area contributed by atoms with Crippen LogP contribution in [0.4, 0.5) is 4.79 Å². The van der Waals surface area contributed by atoms with Crippen LogP contribution in [0, 0.1) is 5.92 Å². The van der Waals surface area contributed by atoms with Gasteiger partial charge in [-0.15, -0.1) is 0 Å². The Labute approximate surface area is 108 Å². The molecule has 0 saturated carbocycles. The van der Waals surface area contributed by atoms with Crippen molar-refractivity contribution in [1.29, 1.82) is 0 Å². The van der Waals surface area contributed by atoms with E-state index >= 15 is 0 Å². The van der Waals surface area contributed by atoms with E-state index in [0.29, 0.717) is 24.6 Å². The number of aliphatic carboxylic acids is 1. The molecule has 0 radical (unpaired) electrons. The molecule has 2 amide bonds. The summed E-state index contributed by atoms with van der Waals surface area (Å²) in [4.78, 5) is 23.9. The molecule has 0 aromatic heterocycles. The number of nitrogens with one attached hydrogen (secondary N) is 1. The first-order valence-electron chi connectivity index (χ1n) is 6.17. The Bertz CT molecular complexity index is 358. The van der Waals surface area contributed by atoms with Gasteiger partial charge in [-0.2, -0.15) is 0 Å². The maximum atomic E-state index is 11.8. The van der Waals surface area contributed by atoms with E-state index in [2.05, 4.69) is 5.32 Å². The fourth-order valence-corrected chi connectivity index (χ4v) is 3.61. The zero-order valence-electron chi connectivity index (χ0n) is 10.1. The zero-order valence-corrected chi connectivity index (χ0v) is 10.9. The molecule has 0 bridgehead atoms. The third-order valence-corrected chi connectivity index (χ3v) is 4.81. The molecule has 18 heavy (non-hydrogen) atoms. The summed E-state index contributed by atoms with van der Waals surface area (Å²) < 4.78 is 11.2. The summed E-state index contributed by atoms with van der Waals surface area (Å²) >= 11 is 0. The van der Waals surface area contributed by atoms with Gasteiger partial charge in [0.25, 0.3) is 0 Å². The molecule has 2 heterocycles. The summed E-state index contributed by atoms with van der Waals surface area (Å²) in [6.45, 7) is 1.05. The number of hydrogen-bond acceptors (Lipinski definition) is 3. The second kappa shape index (κ2) is 5.69. The van der Waals surface area contributed by atoms with Gasteiger partial charge in [-0.05, 0) is 12.8 Å². The maximum absolute atomic E-state index is 11.8. The van der Waals surface area contributed by atoms with Crippen molar-refractivity contribution in [3.63, 3.8) is 0 Å². The Morgan fingerprint density at radius 3 is 2.44 bits per heavy atom. The number of hydrogen-bond donors (Lipinski definition) is 2. The first-order valence-corrected chi connectivity index (χ1v) is 7.65. The Balaban J connectivity index is 1.67. The fraction of sp³-hybridized carbons (Fsp3) is 0.818. The molecule has 0 aliphatic carbocycles. The molecule has 2 N–H and O–H groups in total. The van der Waals surface area contributed by atoms with Gasteiger partial charge in [0, 0.05) is 47.4 Å². The van der Waals surface area contributed by atoms with E-state index in [1.807, 2.05) is 0 Å². The van der Waals surface area contributed by atoms with Crippen molar-refractivity contribution in [2.75, 3.05) is 24.6 Å². The monoisotopic (exact) mass is 274 g/mol. The van der Waals surface area contributed by atoms with Gasteiger partial charge >= 0.3 is 12.0 Å². The van der Waals surface area contributed by atoms with Gasteiger partial charge in [-0.3, -0.25) is 9.00 Å². The maximum Gasteiger partial charge on any atom is 0.317 e. The van der Waals surface area contributed by atoms with Gasteiger partial charge in [-0.25, -0.2) is 4.79 Å². The van der Waals surface area contributed by atoms with E-state index in [9.17, 15) is 13.8 Å². The number of rotatable bonds is 3. The molecule has 0 spiro atoms. The molecule has 102 valence electrons. The van der Waals surface area contributed by atoms with Crippen molar-refractivity contribution in [2.24, 2.45) is 5.92 Å². The van der Waals surface area contributed by atoms with Gasteiger partial charge in [0.05, 0.1) is 6.42 Å². The first-order chi connectivity index (χ1) is 8.54. The second-order valence-electron chi connectivity index (χ2n) is 4.94. The largest absolute Gasteiger partial charge is 0.481 e. The Kier molecular flexibility index (Phi) is 4.21. The minimum atomic E-state index is -0.810. The third kappa shape index (κ3) is 3.44. The van der Waals surface area contributed by atoms with Crippen molar-refractivity contribution < 1.29 is 18.9 Å². The standard InChI is InChI=1S/C11H18N2O4S/c14-10(15)5-8-6-13(7-8)11(16)12-9-1-3-18(17)4-2-9/h8-9H,1-7H2,(H,12,16)(H,14,15). The van der Waals surface area contributed by atoms with E-state index in [1.54, 1.807) is 4.90 Å². The van der Waals surface area contributed by atoms with Crippen LogP contribution in [-0.2, 0) is 15.6 Å². The van der Waals surface area contributed by atoms with Crippen LogP contribution < -0.4 is 5.32 Å². The molecule has 0 unspecified atom stereocenters. The van der Waals surface area contributed by atoms with Gasteiger partial charge in [0.2, 0.25) is 0 Å². The number of likely N-dealkylation sites (tertiary alicyclic amines) is 1. The second-order valence-corrected chi connectivity index (χ2v) is 6.64. The fourth-order valence-electron chi connectivity index (χ4n) is 2.32. The summed E-state index contributed by atoms with van der Waals surface area (Å²) in [6, 6.07) is 0.00282. The predicted octanol–water partition coefficient (Wildman–Crippen LogP) is 0.0136. The lowest BCUT2D eigenvalue weighted by Crippen LogP contribution is -2.56. The molecule has 6 nitrogen and oxygen atoms in total. The van der Waals surface area contributed by atoms with Crippen LogP contribution >= 0.6 is 0 Å². The quantitative estimate of drug-likeness (QED) is 0.759. The van der Waals surface area contributed by atoms with Crippen LogP contribution in [0.25, 0.3) is 0 Å². The van der Waals surface area contributed by atoms with Crippen molar-refractivity contribution >= 4 is 22.8 Å². The average Bonchev–Trinajstić information content (AvgIpc) is 2.25. The van der Waals surface area contributed by atoms with E-state index in [-0.39, 0.29) is 24.4 Å². The lowest BCUT2D eigenvalue weighted by Gasteiger charge is -2.39. The molecule has 2 saturated heterocycles. The number of carbonyl (C=O) groups excluding carboxylic acids is 1. The van der Waals surface area contributed by atoms with Crippen LogP contribution in [-0.4, -0.2) is 56.9 Å². The predicted molar refractivity (Wildman–Crippen MR) is 66.7 cm³/mol. The smallest absolute Gasteiger partial charge is 0.317 e. The molecule has 2 aliphatic rings. The highest BCUT2D eigenvalue weighted by atomic mass is 32.2. The topological polar surface area (TPSA) is 86.7 Å². The third-order valence-electron chi connectivity index (χ3n) is 3.42. The molecular formula is C11H18N2O4S. The Morgan fingerprint density at radius 1 is 1.28 bits per heavy atom. The molecule has 2 aliphatic heterocycles. The van der Waals surface area contributed by atoms with Crippen LogP contribution in [0.3, 0.4) is 0 Å². The summed E-state index contributed by atoms with van der Waals surface area (Å²) in [5.74, 6) is 0.598. The van der Waals surface area contributed by atoms with E-state index < -0.39 is 16.8 Å². The van der Waals surface area contributed by atoms with Gasteiger partial charge in [0.1, 0.15) is 0 Å². The van der Waals surface area contributed by atoms with Crippen molar-refractivity contribution in [2.45, 2.75) is 25.3 Å². The van der Waals surface area contributed by atoms with Crippen molar-refractivity contribution in [3.8, 4) is 0 Å². The highest BCUT2D eigenvalue weighted by molar-refractivity contribution is 7.85. The molecule has 0 aromatic carbocycles. The van der Waals surface area contributed by atoms with Crippen molar-refractivity contribution in [1.82, 2.24) is 10.2 Å². The Morgan fingerprint density at radius 2 is 1.89 bits per heavy atom. The van der Waals surface area contributed by atoms with Gasteiger partial charge < -0.3 is 15.3 Å². The summed E-state index contributed by atoms with van der Waals surface area (Å²) in [5.41, 5.74) is 0. The number of amides is 2.